The number of nitrogens with zero attached hydrogens (tertiary/aromatic N) is 2. The highest BCUT2D eigenvalue weighted by Crippen LogP contribution is 2.27. The standard InChI is InChI=1S/C14H21N3O3S2/c1-10-6-5-7-12(11(10)2)15-14(18)13-8-21-9-17(13)22(19,20)16(3)4/h5-7,13H,8-9H2,1-4H3,(H,15,18)/t13-/m0/s1. The second-order valence-corrected chi connectivity index (χ2v) is 8.52. The van der Waals surface area contributed by atoms with Crippen LogP contribution in [0.2, 0.25) is 0 Å². The maximum absolute atomic E-state index is 12.5. The SMILES string of the molecule is Cc1cccc(NC(=O)[C@@H]2CSCN2S(=O)(=O)N(C)C)c1C. The fraction of sp³-hybridized carbons (Fsp3) is 0.500. The van der Waals surface area contributed by atoms with Gasteiger partial charge in [0.1, 0.15) is 6.04 Å². The Morgan fingerprint density at radius 2 is 2.05 bits per heavy atom. The molecule has 0 spiro atoms. The van der Waals surface area contributed by atoms with Crippen molar-refractivity contribution in [3.05, 3.63) is 29.3 Å². The lowest BCUT2D eigenvalue weighted by molar-refractivity contribution is -0.118. The Morgan fingerprint density at radius 1 is 1.36 bits per heavy atom. The number of thioether (sulfide) groups is 1. The topological polar surface area (TPSA) is 69.7 Å². The molecular formula is C14H21N3O3S2. The van der Waals surface area contributed by atoms with Crippen molar-refractivity contribution in [1.82, 2.24) is 8.61 Å². The fourth-order valence-corrected chi connectivity index (χ4v) is 4.96. The molecule has 1 aromatic rings. The van der Waals surface area contributed by atoms with Crippen molar-refractivity contribution >= 4 is 33.6 Å². The number of benzene rings is 1. The normalized spacial score (nSPS) is 19.6. The van der Waals surface area contributed by atoms with Gasteiger partial charge in [0.2, 0.25) is 5.91 Å². The van der Waals surface area contributed by atoms with Gasteiger partial charge in [-0.2, -0.15) is 17.0 Å². The first-order valence-electron chi connectivity index (χ1n) is 6.89. The molecule has 1 aliphatic heterocycles. The number of hydrogen-bond acceptors (Lipinski definition) is 4. The fourth-order valence-electron chi connectivity index (χ4n) is 2.17. The van der Waals surface area contributed by atoms with Gasteiger partial charge in [-0.15, -0.1) is 11.8 Å². The van der Waals surface area contributed by atoms with Crippen molar-refractivity contribution in [2.45, 2.75) is 19.9 Å². The number of aryl methyl sites for hydroxylation is 1. The zero-order chi connectivity index (χ0) is 16.5. The van der Waals surface area contributed by atoms with Crippen LogP contribution in [0.1, 0.15) is 11.1 Å². The van der Waals surface area contributed by atoms with Crippen LogP contribution >= 0.6 is 11.8 Å². The van der Waals surface area contributed by atoms with Crippen LogP contribution in [-0.4, -0.2) is 54.7 Å². The molecule has 1 aromatic carbocycles. The van der Waals surface area contributed by atoms with Gasteiger partial charge < -0.3 is 5.32 Å². The van der Waals surface area contributed by atoms with Gasteiger partial charge in [0, 0.05) is 25.5 Å². The molecule has 122 valence electrons. The third kappa shape index (κ3) is 3.29. The number of rotatable bonds is 4. The van der Waals surface area contributed by atoms with Gasteiger partial charge in [0.15, 0.2) is 0 Å². The lowest BCUT2D eigenvalue weighted by Crippen LogP contribution is -2.48. The molecule has 22 heavy (non-hydrogen) atoms. The molecule has 0 bridgehead atoms. The molecule has 0 aliphatic carbocycles. The van der Waals surface area contributed by atoms with E-state index in [-0.39, 0.29) is 5.91 Å². The molecule has 0 saturated carbocycles. The van der Waals surface area contributed by atoms with Crippen LogP contribution in [0.3, 0.4) is 0 Å². The summed E-state index contributed by atoms with van der Waals surface area (Å²) in [5.74, 6) is 0.471. The third-order valence-corrected chi connectivity index (χ3v) is 6.84. The Bertz CT molecular complexity index is 674. The largest absolute Gasteiger partial charge is 0.324 e. The second-order valence-electron chi connectivity index (χ2n) is 5.43. The van der Waals surface area contributed by atoms with Crippen LogP contribution in [0.5, 0.6) is 0 Å². The van der Waals surface area contributed by atoms with E-state index in [0.717, 1.165) is 21.1 Å². The number of anilines is 1. The molecule has 1 fully saturated rings. The minimum absolute atomic E-state index is 0.288. The summed E-state index contributed by atoms with van der Waals surface area (Å²) in [6, 6.07) is 4.99. The summed E-state index contributed by atoms with van der Waals surface area (Å²) in [7, 11) is -0.656. The first-order chi connectivity index (χ1) is 10.2. The van der Waals surface area contributed by atoms with Crippen molar-refractivity contribution in [1.29, 1.82) is 0 Å². The zero-order valence-corrected chi connectivity index (χ0v) is 14.8. The Hall–Kier alpha value is -1.09. The van der Waals surface area contributed by atoms with E-state index in [4.69, 9.17) is 0 Å². The van der Waals surface area contributed by atoms with Crippen LogP contribution in [0.25, 0.3) is 0 Å². The maximum atomic E-state index is 12.5. The molecule has 1 amide bonds. The molecular weight excluding hydrogens is 322 g/mol. The minimum Gasteiger partial charge on any atom is -0.324 e. The van der Waals surface area contributed by atoms with Crippen LogP contribution in [0, 0.1) is 13.8 Å². The van der Waals surface area contributed by atoms with Gasteiger partial charge in [-0.1, -0.05) is 12.1 Å². The number of carbonyl (C=O) groups excluding carboxylic acids is 1. The van der Waals surface area contributed by atoms with E-state index in [9.17, 15) is 13.2 Å². The smallest absolute Gasteiger partial charge is 0.282 e. The average molecular weight is 343 g/mol. The van der Waals surface area contributed by atoms with Gasteiger partial charge in [-0.25, -0.2) is 0 Å². The Labute approximate surface area is 136 Å². The third-order valence-electron chi connectivity index (χ3n) is 3.76. The van der Waals surface area contributed by atoms with E-state index in [1.54, 1.807) is 0 Å². The van der Waals surface area contributed by atoms with E-state index in [1.807, 2.05) is 32.0 Å². The molecule has 8 heteroatoms. The summed E-state index contributed by atoms with van der Waals surface area (Å²) >= 11 is 1.44. The maximum Gasteiger partial charge on any atom is 0.282 e. The molecule has 0 radical (unpaired) electrons. The van der Waals surface area contributed by atoms with E-state index < -0.39 is 16.3 Å². The van der Waals surface area contributed by atoms with Crippen LogP contribution in [0.4, 0.5) is 5.69 Å². The summed E-state index contributed by atoms with van der Waals surface area (Å²) in [5, 5.41) is 2.86. The Kier molecular flexibility index (Phi) is 5.16. The molecule has 1 N–H and O–H groups in total. The van der Waals surface area contributed by atoms with E-state index in [0.29, 0.717) is 11.6 Å². The highest BCUT2D eigenvalue weighted by Gasteiger charge is 2.40. The molecule has 6 nitrogen and oxygen atoms in total. The van der Waals surface area contributed by atoms with Gasteiger partial charge in [-0.05, 0) is 31.0 Å². The van der Waals surface area contributed by atoms with Gasteiger partial charge in [0.25, 0.3) is 10.2 Å². The number of nitrogens with one attached hydrogen (secondary N) is 1. The number of hydrogen-bond donors (Lipinski definition) is 1. The predicted molar refractivity (Wildman–Crippen MR) is 90.1 cm³/mol. The van der Waals surface area contributed by atoms with Crippen molar-refractivity contribution in [3.63, 3.8) is 0 Å². The summed E-state index contributed by atoms with van der Waals surface area (Å²) in [4.78, 5) is 12.5. The highest BCUT2D eigenvalue weighted by molar-refractivity contribution is 8.00. The zero-order valence-electron chi connectivity index (χ0n) is 13.2. The average Bonchev–Trinajstić information content (AvgIpc) is 2.93. The molecule has 0 aromatic heterocycles. The van der Waals surface area contributed by atoms with Crippen LogP contribution in [0.15, 0.2) is 18.2 Å². The molecule has 1 saturated heterocycles. The molecule has 1 atom stereocenters. The monoisotopic (exact) mass is 343 g/mol. The summed E-state index contributed by atoms with van der Waals surface area (Å²) in [5.41, 5.74) is 2.80. The first kappa shape index (κ1) is 17.3. The van der Waals surface area contributed by atoms with E-state index in [1.165, 1.54) is 30.2 Å². The van der Waals surface area contributed by atoms with Crippen LogP contribution < -0.4 is 5.32 Å². The Morgan fingerprint density at radius 3 is 2.68 bits per heavy atom. The molecule has 0 unspecified atom stereocenters. The van der Waals surface area contributed by atoms with Crippen molar-refractivity contribution in [2.75, 3.05) is 31.0 Å². The van der Waals surface area contributed by atoms with Crippen LogP contribution in [-0.2, 0) is 15.0 Å². The van der Waals surface area contributed by atoms with Crippen molar-refractivity contribution < 1.29 is 13.2 Å². The molecule has 1 aliphatic rings. The van der Waals surface area contributed by atoms with Gasteiger partial charge in [0.05, 0.1) is 5.88 Å². The van der Waals surface area contributed by atoms with Crippen molar-refractivity contribution in [3.8, 4) is 0 Å². The second kappa shape index (κ2) is 6.57. The summed E-state index contributed by atoms with van der Waals surface area (Å²) in [6.45, 7) is 3.90. The lowest BCUT2D eigenvalue weighted by atomic mass is 10.1. The highest BCUT2D eigenvalue weighted by atomic mass is 32.2. The van der Waals surface area contributed by atoms with Gasteiger partial charge >= 0.3 is 0 Å². The van der Waals surface area contributed by atoms with E-state index >= 15 is 0 Å². The Balaban J connectivity index is 2.20. The van der Waals surface area contributed by atoms with Crippen molar-refractivity contribution in [2.24, 2.45) is 0 Å². The number of carbonyl (C=O) groups is 1. The van der Waals surface area contributed by atoms with E-state index in [2.05, 4.69) is 5.32 Å². The summed E-state index contributed by atoms with van der Waals surface area (Å²) < 4.78 is 26.9. The quantitative estimate of drug-likeness (QED) is 0.898. The molecule has 1 heterocycles. The van der Waals surface area contributed by atoms with Gasteiger partial charge in [-0.3, -0.25) is 4.79 Å². The predicted octanol–water partition coefficient (Wildman–Crippen LogP) is 1.42. The summed E-state index contributed by atoms with van der Waals surface area (Å²) in [6.07, 6.45) is 0. The first-order valence-corrected chi connectivity index (χ1v) is 9.44. The minimum atomic E-state index is -3.60. The lowest BCUT2D eigenvalue weighted by Gasteiger charge is -2.25. The molecule has 2 rings (SSSR count). The number of amides is 1.